The molecule has 1 saturated heterocycles. The number of aromatic nitrogens is 1. The van der Waals surface area contributed by atoms with Gasteiger partial charge in [0.2, 0.25) is 0 Å². The minimum Gasteiger partial charge on any atom is -0.397 e. The van der Waals surface area contributed by atoms with E-state index in [1.54, 1.807) is 11.3 Å². The number of aryl methyl sites for hydroxylation is 1. The first-order valence-corrected chi connectivity index (χ1v) is 8.05. The van der Waals surface area contributed by atoms with Gasteiger partial charge in [0, 0.05) is 19.2 Å². The normalized spacial score (nSPS) is 19.7. The van der Waals surface area contributed by atoms with E-state index in [2.05, 4.69) is 16.0 Å². The number of anilines is 2. The maximum absolute atomic E-state index is 9.26. The first-order valence-electron chi connectivity index (χ1n) is 7.23. The highest BCUT2D eigenvalue weighted by Crippen LogP contribution is 2.35. The van der Waals surface area contributed by atoms with Gasteiger partial charge >= 0.3 is 0 Å². The molecule has 1 aliphatic heterocycles. The summed E-state index contributed by atoms with van der Waals surface area (Å²) in [5, 5.41) is 10.3. The zero-order chi connectivity index (χ0) is 14.1. The summed E-state index contributed by atoms with van der Waals surface area (Å²) >= 11 is 1.68. The number of hydrogen-bond acceptors (Lipinski definition) is 5. The molecule has 20 heavy (non-hydrogen) atoms. The minimum atomic E-state index is 0.235. The molecule has 0 saturated carbocycles. The SMILES string of the molecule is Cc1nc2cc(N3CCCCC3CCO)c(N)cc2s1. The molecule has 0 spiro atoms. The Kier molecular flexibility index (Phi) is 3.81. The molecule has 1 aromatic carbocycles. The van der Waals surface area contributed by atoms with Crippen LogP contribution in [0.15, 0.2) is 12.1 Å². The van der Waals surface area contributed by atoms with Crippen LogP contribution in [0.3, 0.4) is 0 Å². The van der Waals surface area contributed by atoms with Gasteiger partial charge in [-0.3, -0.25) is 0 Å². The maximum Gasteiger partial charge on any atom is 0.0907 e. The van der Waals surface area contributed by atoms with Gasteiger partial charge in [0.25, 0.3) is 0 Å². The summed E-state index contributed by atoms with van der Waals surface area (Å²) in [6, 6.07) is 4.55. The number of rotatable bonds is 3. The van der Waals surface area contributed by atoms with Crippen molar-refractivity contribution in [2.75, 3.05) is 23.8 Å². The summed E-state index contributed by atoms with van der Waals surface area (Å²) < 4.78 is 1.15. The number of benzene rings is 1. The molecule has 2 aromatic rings. The van der Waals surface area contributed by atoms with E-state index >= 15 is 0 Å². The summed E-state index contributed by atoms with van der Waals surface area (Å²) in [5.74, 6) is 0. The van der Waals surface area contributed by atoms with Crippen molar-refractivity contribution in [2.24, 2.45) is 0 Å². The Hall–Kier alpha value is -1.33. The number of hydrogen-bond donors (Lipinski definition) is 2. The van der Waals surface area contributed by atoms with Crippen molar-refractivity contribution < 1.29 is 5.11 Å². The molecule has 5 heteroatoms. The number of fused-ring (bicyclic) bond motifs is 1. The Bertz CT molecular complexity index is 608. The summed E-state index contributed by atoms with van der Waals surface area (Å²) in [6.45, 7) is 3.28. The Morgan fingerprint density at radius 3 is 3.10 bits per heavy atom. The Morgan fingerprint density at radius 1 is 1.45 bits per heavy atom. The van der Waals surface area contributed by atoms with E-state index in [0.717, 1.165) is 46.0 Å². The molecule has 1 unspecified atom stereocenters. The lowest BCUT2D eigenvalue weighted by Gasteiger charge is -2.38. The van der Waals surface area contributed by atoms with E-state index in [1.807, 2.05) is 13.0 Å². The number of nitrogen functional groups attached to an aromatic ring is 1. The van der Waals surface area contributed by atoms with Crippen molar-refractivity contribution in [3.63, 3.8) is 0 Å². The fraction of sp³-hybridized carbons (Fsp3) is 0.533. The highest BCUT2D eigenvalue weighted by Gasteiger charge is 2.24. The van der Waals surface area contributed by atoms with Crippen molar-refractivity contribution in [1.29, 1.82) is 0 Å². The van der Waals surface area contributed by atoms with Gasteiger partial charge in [-0.1, -0.05) is 0 Å². The lowest BCUT2D eigenvalue weighted by molar-refractivity contribution is 0.262. The van der Waals surface area contributed by atoms with Gasteiger partial charge < -0.3 is 15.7 Å². The Balaban J connectivity index is 2.00. The second kappa shape index (κ2) is 5.58. The van der Waals surface area contributed by atoms with Gasteiger partial charge in [-0.05, 0) is 44.7 Å². The van der Waals surface area contributed by atoms with Crippen LogP contribution in [0.4, 0.5) is 11.4 Å². The lowest BCUT2D eigenvalue weighted by Crippen LogP contribution is -2.40. The fourth-order valence-electron chi connectivity index (χ4n) is 3.11. The smallest absolute Gasteiger partial charge is 0.0907 e. The highest BCUT2D eigenvalue weighted by atomic mass is 32.1. The molecule has 0 radical (unpaired) electrons. The van der Waals surface area contributed by atoms with Crippen LogP contribution >= 0.6 is 11.3 Å². The van der Waals surface area contributed by atoms with Crippen molar-refractivity contribution >= 4 is 32.9 Å². The van der Waals surface area contributed by atoms with Crippen LogP contribution in [0.1, 0.15) is 30.7 Å². The first kappa shape index (κ1) is 13.6. The zero-order valence-corrected chi connectivity index (χ0v) is 12.6. The van der Waals surface area contributed by atoms with Gasteiger partial charge in [0.15, 0.2) is 0 Å². The molecule has 1 aliphatic rings. The third-order valence-corrected chi connectivity index (χ3v) is 4.98. The molecule has 1 aromatic heterocycles. The van der Waals surface area contributed by atoms with Crippen molar-refractivity contribution in [2.45, 2.75) is 38.6 Å². The molecule has 0 aliphatic carbocycles. The van der Waals surface area contributed by atoms with Crippen LogP contribution in [-0.2, 0) is 0 Å². The average Bonchev–Trinajstić information content (AvgIpc) is 2.78. The van der Waals surface area contributed by atoms with E-state index in [9.17, 15) is 5.11 Å². The molecule has 3 rings (SSSR count). The summed E-state index contributed by atoms with van der Waals surface area (Å²) in [7, 11) is 0. The van der Waals surface area contributed by atoms with Crippen molar-refractivity contribution in [3.05, 3.63) is 17.1 Å². The van der Waals surface area contributed by atoms with Crippen LogP contribution in [0.25, 0.3) is 10.2 Å². The van der Waals surface area contributed by atoms with E-state index in [1.165, 1.54) is 12.8 Å². The monoisotopic (exact) mass is 291 g/mol. The van der Waals surface area contributed by atoms with Crippen molar-refractivity contribution in [1.82, 2.24) is 4.98 Å². The number of aliphatic hydroxyl groups excluding tert-OH is 1. The third-order valence-electron chi connectivity index (χ3n) is 4.04. The summed E-state index contributed by atoms with van der Waals surface area (Å²) in [4.78, 5) is 6.93. The number of nitrogens with zero attached hydrogens (tertiary/aromatic N) is 2. The predicted molar refractivity (Wildman–Crippen MR) is 85.5 cm³/mol. The second-order valence-electron chi connectivity index (χ2n) is 5.47. The minimum absolute atomic E-state index is 0.235. The van der Waals surface area contributed by atoms with Gasteiger partial charge in [0.1, 0.15) is 0 Å². The topological polar surface area (TPSA) is 62.4 Å². The molecular weight excluding hydrogens is 270 g/mol. The van der Waals surface area contributed by atoms with Crippen LogP contribution in [0.2, 0.25) is 0 Å². The third kappa shape index (κ3) is 2.47. The van der Waals surface area contributed by atoms with Crippen LogP contribution in [0.5, 0.6) is 0 Å². The van der Waals surface area contributed by atoms with E-state index in [0.29, 0.717) is 6.04 Å². The molecule has 0 amide bonds. The molecule has 2 heterocycles. The fourth-order valence-corrected chi connectivity index (χ4v) is 3.97. The van der Waals surface area contributed by atoms with Gasteiger partial charge in [-0.15, -0.1) is 11.3 Å². The molecule has 4 nitrogen and oxygen atoms in total. The van der Waals surface area contributed by atoms with E-state index in [4.69, 9.17) is 5.73 Å². The number of thiazole rings is 1. The first-order chi connectivity index (χ1) is 9.69. The largest absolute Gasteiger partial charge is 0.397 e. The molecule has 0 bridgehead atoms. The highest BCUT2D eigenvalue weighted by molar-refractivity contribution is 7.18. The zero-order valence-electron chi connectivity index (χ0n) is 11.8. The molecule has 108 valence electrons. The molecular formula is C15H21N3OS. The van der Waals surface area contributed by atoms with Gasteiger partial charge in [-0.25, -0.2) is 4.98 Å². The average molecular weight is 291 g/mol. The van der Waals surface area contributed by atoms with Crippen LogP contribution < -0.4 is 10.6 Å². The lowest BCUT2D eigenvalue weighted by atomic mass is 9.98. The number of aliphatic hydroxyl groups is 1. The summed E-state index contributed by atoms with van der Waals surface area (Å²) in [6.07, 6.45) is 4.37. The predicted octanol–water partition coefficient (Wildman–Crippen LogP) is 2.93. The molecule has 1 fully saturated rings. The number of nitrogens with two attached hydrogens (primary N) is 1. The standard InChI is InChI=1S/C15H21N3OS/c1-10-17-13-9-14(12(16)8-15(13)20-10)18-6-3-2-4-11(18)5-7-19/h8-9,11,19H,2-7,16H2,1H3. The van der Waals surface area contributed by atoms with Crippen LogP contribution in [-0.4, -0.2) is 29.3 Å². The Labute approximate surface area is 123 Å². The number of piperidine rings is 1. The summed E-state index contributed by atoms with van der Waals surface area (Å²) in [5.41, 5.74) is 9.20. The Morgan fingerprint density at radius 2 is 2.30 bits per heavy atom. The van der Waals surface area contributed by atoms with Crippen molar-refractivity contribution in [3.8, 4) is 0 Å². The van der Waals surface area contributed by atoms with E-state index < -0.39 is 0 Å². The van der Waals surface area contributed by atoms with Crippen LogP contribution in [0, 0.1) is 6.92 Å². The molecule has 3 N–H and O–H groups in total. The maximum atomic E-state index is 9.26. The molecule has 1 atom stereocenters. The second-order valence-corrected chi connectivity index (χ2v) is 6.70. The van der Waals surface area contributed by atoms with Gasteiger partial charge in [-0.2, -0.15) is 0 Å². The quantitative estimate of drug-likeness (QED) is 0.854. The van der Waals surface area contributed by atoms with E-state index in [-0.39, 0.29) is 6.61 Å². The van der Waals surface area contributed by atoms with Gasteiger partial charge in [0.05, 0.1) is 26.6 Å².